The van der Waals surface area contributed by atoms with Crippen molar-refractivity contribution < 1.29 is 19.2 Å². The van der Waals surface area contributed by atoms with Crippen LogP contribution in [0.4, 0.5) is 10.5 Å². The highest BCUT2D eigenvalue weighted by molar-refractivity contribution is 5.91. The quantitative estimate of drug-likeness (QED) is 0.330. The molecule has 1 N–H and O–H groups in total. The van der Waals surface area contributed by atoms with Crippen LogP contribution in [0.3, 0.4) is 0 Å². The second-order valence-corrected chi connectivity index (χ2v) is 8.32. The van der Waals surface area contributed by atoms with Gasteiger partial charge in [-0.3, -0.25) is 10.1 Å². The van der Waals surface area contributed by atoms with E-state index in [2.05, 4.69) is 11.9 Å². The van der Waals surface area contributed by atoms with Crippen LogP contribution in [-0.2, 0) is 15.9 Å². The first-order valence-electron chi connectivity index (χ1n) is 10.5. The molecule has 0 saturated carbocycles. The zero-order chi connectivity index (χ0) is 22.3. The summed E-state index contributed by atoms with van der Waals surface area (Å²) in [5.41, 5.74) is 0.917. The number of nitrogens with one attached hydrogen (secondary N) is 1. The molecule has 166 valence electrons. The summed E-state index contributed by atoms with van der Waals surface area (Å²) in [5.74, 6) is 0. The molecule has 0 spiro atoms. The topological polar surface area (TPSA) is 97.7 Å². The summed E-state index contributed by atoms with van der Waals surface area (Å²) in [6.45, 7) is 10.8. The smallest absolute Gasteiger partial charge is 0.410 e. The summed E-state index contributed by atoms with van der Waals surface area (Å²) >= 11 is 0. The fraction of sp³-hybridized carbons (Fsp3) is 0.591. The average molecular weight is 420 g/mol. The predicted octanol–water partition coefficient (Wildman–Crippen LogP) is 5.06. The van der Waals surface area contributed by atoms with Crippen molar-refractivity contribution >= 4 is 22.7 Å². The Bertz CT molecular complexity index is 856. The molecule has 0 bridgehead atoms. The minimum Gasteiger partial charge on any atom is -0.444 e. The predicted molar refractivity (Wildman–Crippen MR) is 117 cm³/mol. The molecule has 1 aromatic heterocycles. The Balaban J connectivity index is 2.34. The maximum atomic E-state index is 12.8. The van der Waals surface area contributed by atoms with Crippen molar-refractivity contribution in [3.8, 4) is 0 Å². The molecule has 0 radical (unpaired) electrons. The Hall–Kier alpha value is -2.61. The first kappa shape index (κ1) is 23.7. The number of carbonyl (C=O) groups excluding carboxylic acids is 1. The number of rotatable bonds is 10. The molecular formula is C22H33N3O5. The van der Waals surface area contributed by atoms with Crippen molar-refractivity contribution in [1.82, 2.24) is 9.88 Å². The number of ether oxygens (including phenoxy) is 2. The Morgan fingerprint density at radius 3 is 2.63 bits per heavy atom. The number of likely N-dealkylation sites (N-methyl/N-ethyl adjacent to an activating group) is 1. The van der Waals surface area contributed by atoms with Gasteiger partial charge in [0, 0.05) is 25.4 Å². The highest BCUT2D eigenvalue weighted by Gasteiger charge is 2.29. The lowest BCUT2D eigenvalue weighted by Gasteiger charge is -2.32. The number of unbranched alkanes of at least 4 members (excludes halogenated alkanes) is 1. The van der Waals surface area contributed by atoms with Gasteiger partial charge in [-0.2, -0.15) is 0 Å². The Labute approximate surface area is 177 Å². The van der Waals surface area contributed by atoms with E-state index in [1.54, 1.807) is 17.2 Å². The number of hydrogen-bond acceptors (Lipinski definition) is 5. The minimum absolute atomic E-state index is 0.0507. The van der Waals surface area contributed by atoms with Gasteiger partial charge in [0.05, 0.1) is 28.5 Å². The van der Waals surface area contributed by atoms with Crippen molar-refractivity contribution in [2.75, 3.05) is 19.8 Å². The minimum atomic E-state index is -0.613. The van der Waals surface area contributed by atoms with Gasteiger partial charge in [-0.1, -0.05) is 19.4 Å². The van der Waals surface area contributed by atoms with Gasteiger partial charge in [0.1, 0.15) is 5.60 Å². The van der Waals surface area contributed by atoms with E-state index in [4.69, 9.17) is 9.47 Å². The molecule has 1 atom stereocenters. The van der Waals surface area contributed by atoms with Crippen LogP contribution in [0.2, 0.25) is 0 Å². The number of H-pyrrole nitrogens is 1. The second-order valence-electron chi connectivity index (χ2n) is 8.32. The molecule has 0 saturated heterocycles. The molecule has 0 aliphatic heterocycles. The fourth-order valence-electron chi connectivity index (χ4n) is 3.38. The molecule has 0 aliphatic carbocycles. The van der Waals surface area contributed by atoms with Gasteiger partial charge in [-0.25, -0.2) is 4.79 Å². The van der Waals surface area contributed by atoms with Crippen LogP contribution >= 0.6 is 0 Å². The van der Waals surface area contributed by atoms with E-state index in [1.807, 2.05) is 33.8 Å². The molecule has 2 aromatic rings. The van der Waals surface area contributed by atoms with E-state index in [1.165, 1.54) is 6.07 Å². The van der Waals surface area contributed by atoms with Gasteiger partial charge < -0.3 is 19.4 Å². The van der Waals surface area contributed by atoms with Gasteiger partial charge in [-0.15, -0.1) is 0 Å². The van der Waals surface area contributed by atoms with E-state index in [-0.39, 0.29) is 16.7 Å². The van der Waals surface area contributed by atoms with Crippen LogP contribution in [0, 0.1) is 10.1 Å². The van der Waals surface area contributed by atoms with E-state index in [0.29, 0.717) is 37.1 Å². The maximum absolute atomic E-state index is 12.8. The number of aromatic amines is 1. The lowest BCUT2D eigenvalue weighted by atomic mass is 10.0. The Kier molecular flexibility index (Phi) is 8.23. The van der Waals surface area contributed by atoms with Crippen molar-refractivity contribution in [2.45, 2.75) is 65.5 Å². The summed E-state index contributed by atoms with van der Waals surface area (Å²) in [6, 6.07) is 4.66. The third kappa shape index (κ3) is 6.19. The molecule has 1 aromatic carbocycles. The van der Waals surface area contributed by atoms with E-state index >= 15 is 0 Å². The molecule has 1 unspecified atom stereocenters. The molecule has 1 amide bonds. The molecule has 8 nitrogen and oxygen atoms in total. The van der Waals surface area contributed by atoms with Crippen LogP contribution in [-0.4, -0.2) is 52.3 Å². The van der Waals surface area contributed by atoms with Crippen LogP contribution in [0.15, 0.2) is 24.4 Å². The van der Waals surface area contributed by atoms with E-state index in [0.717, 1.165) is 18.4 Å². The number of nitro benzene ring substituents is 1. The van der Waals surface area contributed by atoms with Gasteiger partial charge in [0.15, 0.2) is 0 Å². The van der Waals surface area contributed by atoms with Gasteiger partial charge in [-0.05, 0) is 52.2 Å². The molecule has 30 heavy (non-hydrogen) atoms. The molecule has 0 fully saturated rings. The zero-order valence-corrected chi connectivity index (χ0v) is 18.6. The SMILES string of the molecule is CCCCOCC(Cc1c[nH]c2cccc([N+](=O)[O-])c12)N(CC)C(=O)OC(C)(C)C. The number of non-ortho nitro benzene ring substituents is 1. The first-order valence-corrected chi connectivity index (χ1v) is 10.5. The van der Waals surface area contributed by atoms with Crippen molar-refractivity contribution in [1.29, 1.82) is 0 Å². The molecule has 8 heteroatoms. The lowest BCUT2D eigenvalue weighted by molar-refractivity contribution is -0.383. The van der Waals surface area contributed by atoms with Crippen molar-refractivity contribution in [2.24, 2.45) is 0 Å². The molecule has 0 aliphatic rings. The number of carbonyl (C=O) groups is 1. The number of fused-ring (bicyclic) bond motifs is 1. The van der Waals surface area contributed by atoms with Crippen LogP contribution in [0.1, 0.15) is 53.0 Å². The number of nitro groups is 1. The third-order valence-corrected chi connectivity index (χ3v) is 4.78. The normalized spacial score (nSPS) is 12.7. The van der Waals surface area contributed by atoms with E-state index in [9.17, 15) is 14.9 Å². The standard InChI is InChI=1S/C22H33N3O5/c1-6-8-12-29-15-17(24(7-2)21(26)30-22(3,4)5)13-16-14-23-18-10-9-11-19(20(16)18)25(27)28/h9-11,14,17,23H,6-8,12-13,15H2,1-5H3. The summed E-state index contributed by atoms with van der Waals surface area (Å²) in [6.07, 6.45) is 3.74. The van der Waals surface area contributed by atoms with Crippen molar-refractivity contribution in [3.05, 3.63) is 40.1 Å². The zero-order valence-electron chi connectivity index (χ0n) is 18.6. The first-order chi connectivity index (χ1) is 14.2. The highest BCUT2D eigenvalue weighted by atomic mass is 16.6. The van der Waals surface area contributed by atoms with Crippen LogP contribution in [0.5, 0.6) is 0 Å². The number of benzene rings is 1. The summed E-state index contributed by atoms with van der Waals surface area (Å²) in [7, 11) is 0. The number of hydrogen-bond donors (Lipinski definition) is 1. The summed E-state index contributed by atoms with van der Waals surface area (Å²) in [5, 5.41) is 12.1. The Morgan fingerprint density at radius 1 is 1.30 bits per heavy atom. The second kappa shape index (κ2) is 10.4. The molecule has 1 heterocycles. The summed E-state index contributed by atoms with van der Waals surface area (Å²) in [4.78, 5) is 28.7. The number of nitrogens with zero attached hydrogens (tertiary/aromatic N) is 2. The monoisotopic (exact) mass is 419 g/mol. The van der Waals surface area contributed by atoms with Crippen LogP contribution < -0.4 is 0 Å². The molecule has 2 rings (SSSR count). The van der Waals surface area contributed by atoms with Crippen molar-refractivity contribution in [3.63, 3.8) is 0 Å². The maximum Gasteiger partial charge on any atom is 0.410 e. The van der Waals surface area contributed by atoms with Gasteiger partial charge in [0.2, 0.25) is 0 Å². The van der Waals surface area contributed by atoms with Gasteiger partial charge in [0.25, 0.3) is 5.69 Å². The molecular weight excluding hydrogens is 386 g/mol. The van der Waals surface area contributed by atoms with E-state index < -0.39 is 11.7 Å². The Morgan fingerprint density at radius 2 is 2.03 bits per heavy atom. The lowest BCUT2D eigenvalue weighted by Crippen LogP contribution is -2.46. The fourth-order valence-corrected chi connectivity index (χ4v) is 3.38. The van der Waals surface area contributed by atoms with Gasteiger partial charge >= 0.3 is 6.09 Å². The summed E-state index contributed by atoms with van der Waals surface area (Å²) < 4.78 is 11.4. The van der Waals surface area contributed by atoms with Crippen LogP contribution in [0.25, 0.3) is 10.9 Å². The largest absolute Gasteiger partial charge is 0.444 e. The average Bonchev–Trinajstić information content (AvgIpc) is 3.07. The third-order valence-electron chi connectivity index (χ3n) is 4.78. The highest BCUT2D eigenvalue weighted by Crippen LogP contribution is 2.30. The number of amides is 1. The number of aromatic nitrogens is 1.